The molecule has 0 bridgehead atoms. The van der Waals surface area contributed by atoms with Gasteiger partial charge >= 0.3 is 0 Å². The van der Waals surface area contributed by atoms with Gasteiger partial charge in [0.2, 0.25) is 5.91 Å². The van der Waals surface area contributed by atoms with Gasteiger partial charge in [0, 0.05) is 50.5 Å². The van der Waals surface area contributed by atoms with E-state index in [0.29, 0.717) is 22.7 Å². The van der Waals surface area contributed by atoms with E-state index in [4.69, 9.17) is 16.6 Å². The molecule has 0 saturated carbocycles. The number of hydrogen-bond donors (Lipinski definition) is 1. The van der Waals surface area contributed by atoms with E-state index < -0.39 is 0 Å². The Hall–Kier alpha value is -2.71. The fraction of sp³-hybridized carbons (Fsp3) is 0.333. The summed E-state index contributed by atoms with van der Waals surface area (Å²) >= 11 is 7.65. The quantitative estimate of drug-likeness (QED) is 0.629. The summed E-state index contributed by atoms with van der Waals surface area (Å²) in [5, 5.41) is 4.76. The number of nitrogens with zero attached hydrogens (tertiary/aromatic N) is 5. The molecule has 0 aliphatic carbocycles. The third-order valence-electron chi connectivity index (χ3n) is 5.23. The third kappa shape index (κ3) is 4.71. The number of nitrogens with one attached hydrogen (secondary N) is 1. The number of likely N-dealkylation sites (tertiary alicyclic amines) is 1. The topological polar surface area (TPSA) is 74.2 Å². The van der Waals surface area contributed by atoms with Gasteiger partial charge in [-0.25, -0.2) is 15.0 Å². The molecule has 30 heavy (non-hydrogen) atoms. The predicted octanol–water partition coefficient (Wildman–Crippen LogP) is 4.44. The number of carbonyl (C=O) groups is 1. The number of amides is 1. The summed E-state index contributed by atoms with van der Waals surface area (Å²) in [6, 6.07) is 9.69. The Kier molecular flexibility index (Phi) is 6.15. The molecule has 1 aliphatic rings. The largest absolute Gasteiger partial charge is 0.348 e. The summed E-state index contributed by atoms with van der Waals surface area (Å²) in [5.41, 5.74) is 0.852. The molecule has 3 aromatic rings. The Balaban J connectivity index is 1.45. The Morgan fingerprint density at radius 2 is 2.03 bits per heavy atom. The van der Waals surface area contributed by atoms with Gasteiger partial charge in [0.25, 0.3) is 0 Å². The first-order valence-corrected chi connectivity index (χ1v) is 11.0. The summed E-state index contributed by atoms with van der Waals surface area (Å²) in [4.78, 5) is 30.3. The maximum absolute atomic E-state index is 11.5. The second-order valence-electron chi connectivity index (χ2n) is 7.25. The minimum atomic E-state index is 0.153. The molecule has 156 valence electrons. The zero-order chi connectivity index (χ0) is 21.1. The number of halogens is 1. The molecule has 0 atom stereocenters. The van der Waals surface area contributed by atoms with Gasteiger partial charge in [0.05, 0.1) is 10.6 Å². The number of thiazole rings is 1. The van der Waals surface area contributed by atoms with E-state index in [-0.39, 0.29) is 5.91 Å². The number of carbonyl (C=O) groups excluding carboxylic acids is 1. The first-order chi connectivity index (χ1) is 14.5. The molecular formula is C21H23ClN6OS. The number of aromatic nitrogens is 3. The highest BCUT2D eigenvalue weighted by Crippen LogP contribution is 2.32. The molecule has 0 aromatic carbocycles. The number of pyridine rings is 2. The smallest absolute Gasteiger partial charge is 0.219 e. The van der Waals surface area contributed by atoms with E-state index in [0.717, 1.165) is 41.6 Å². The monoisotopic (exact) mass is 442 g/mol. The van der Waals surface area contributed by atoms with Crippen LogP contribution in [0.4, 0.5) is 16.8 Å². The summed E-state index contributed by atoms with van der Waals surface area (Å²) in [6.07, 6.45) is 5.43. The van der Waals surface area contributed by atoms with E-state index in [2.05, 4.69) is 27.2 Å². The van der Waals surface area contributed by atoms with Crippen LogP contribution in [0.15, 0.2) is 42.7 Å². The molecule has 3 aromatic heterocycles. The van der Waals surface area contributed by atoms with Crippen LogP contribution in [0.5, 0.6) is 0 Å². The zero-order valence-corrected chi connectivity index (χ0v) is 18.5. The third-order valence-corrected chi connectivity index (χ3v) is 6.58. The van der Waals surface area contributed by atoms with Crippen molar-refractivity contribution in [3.63, 3.8) is 0 Å². The van der Waals surface area contributed by atoms with Crippen LogP contribution < -0.4 is 10.2 Å². The second-order valence-corrected chi connectivity index (χ2v) is 8.69. The van der Waals surface area contributed by atoms with Gasteiger partial charge in [-0.2, -0.15) is 0 Å². The second kappa shape index (κ2) is 8.97. The van der Waals surface area contributed by atoms with Crippen LogP contribution in [0.1, 0.15) is 19.8 Å². The van der Waals surface area contributed by atoms with Crippen LogP contribution in [-0.2, 0) is 4.79 Å². The van der Waals surface area contributed by atoms with Crippen molar-refractivity contribution in [2.75, 3.05) is 30.4 Å². The van der Waals surface area contributed by atoms with E-state index in [1.165, 1.54) is 0 Å². The van der Waals surface area contributed by atoms with Gasteiger partial charge in [-0.1, -0.05) is 29.0 Å². The van der Waals surface area contributed by atoms with Crippen molar-refractivity contribution in [1.82, 2.24) is 19.9 Å². The Labute approximate surface area is 184 Å². The highest BCUT2D eigenvalue weighted by molar-refractivity contribution is 7.18. The lowest BCUT2D eigenvalue weighted by Crippen LogP contribution is -2.45. The number of piperidine rings is 1. The van der Waals surface area contributed by atoms with Crippen molar-refractivity contribution < 1.29 is 4.79 Å². The lowest BCUT2D eigenvalue weighted by molar-refractivity contribution is -0.129. The van der Waals surface area contributed by atoms with Crippen molar-refractivity contribution in [1.29, 1.82) is 0 Å². The number of hydrogen-bond acceptors (Lipinski definition) is 7. The molecule has 4 rings (SSSR count). The molecule has 1 fully saturated rings. The van der Waals surface area contributed by atoms with Crippen molar-refractivity contribution in [2.24, 2.45) is 0 Å². The van der Waals surface area contributed by atoms with Gasteiger partial charge in [-0.05, 0) is 37.1 Å². The van der Waals surface area contributed by atoms with Gasteiger partial charge < -0.3 is 15.1 Å². The Morgan fingerprint density at radius 3 is 2.77 bits per heavy atom. The van der Waals surface area contributed by atoms with Gasteiger partial charge in [0.15, 0.2) is 5.13 Å². The molecule has 1 aliphatic heterocycles. The van der Waals surface area contributed by atoms with Gasteiger partial charge in [-0.15, -0.1) is 0 Å². The fourth-order valence-corrected chi connectivity index (χ4v) is 4.60. The molecule has 9 heteroatoms. The van der Waals surface area contributed by atoms with E-state index in [9.17, 15) is 4.79 Å². The molecule has 1 saturated heterocycles. The minimum absolute atomic E-state index is 0.153. The molecule has 0 unspecified atom stereocenters. The lowest BCUT2D eigenvalue weighted by atomic mass is 10.0. The van der Waals surface area contributed by atoms with E-state index >= 15 is 0 Å². The minimum Gasteiger partial charge on any atom is -0.348 e. The van der Waals surface area contributed by atoms with Gasteiger partial charge in [0.1, 0.15) is 11.6 Å². The maximum Gasteiger partial charge on any atom is 0.219 e. The molecule has 7 nitrogen and oxygen atoms in total. The lowest BCUT2D eigenvalue weighted by Gasteiger charge is -2.36. The predicted molar refractivity (Wildman–Crippen MR) is 122 cm³/mol. The van der Waals surface area contributed by atoms with Crippen LogP contribution in [0.3, 0.4) is 0 Å². The summed E-state index contributed by atoms with van der Waals surface area (Å²) in [7, 11) is 2.08. The fourth-order valence-electron chi connectivity index (χ4n) is 3.52. The summed E-state index contributed by atoms with van der Waals surface area (Å²) in [5.74, 6) is 1.50. The van der Waals surface area contributed by atoms with Crippen molar-refractivity contribution in [2.45, 2.75) is 25.8 Å². The average molecular weight is 443 g/mol. The SMILES string of the molecule is CC(=O)N1CCC(N(C)c2ncc(-c3cccc(Nc4cc(Cl)ccn4)n3)s2)CC1. The van der Waals surface area contributed by atoms with Crippen LogP contribution in [0, 0.1) is 0 Å². The number of rotatable bonds is 5. The summed E-state index contributed by atoms with van der Waals surface area (Å²) < 4.78 is 0. The van der Waals surface area contributed by atoms with Crippen LogP contribution in [-0.4, -0.2) is 51.9 Å². The zero-order valence-electron chi connectivity index (χ0n) is 16.9. The normalized spacial score (nSPS) is 14.6. The van der Waals surface area contributed by atoms with Gasteiger partial charge in [-0.3, -0.25) is 4.79 Å². The molecule has 1 amide bonds. The highest BCUT2D eigenvalue weighted by atomic mass is 35.5. The molecule has 1 N–H and O–H groups in total. The molecule has 0 spiro atoms. The first-order valence-electron chi connectivity index (χ1n) is 9.80. The van der Waals surface area contributed by atoms with Crippen molar-refractivity contribution in [3.8, 4) is 10.6 Å². The standard InChI is InChI=1S/C21H23ClN6OS/c1-14(29)28-10-7-16(8-11-28)27(2)21-24-13-18(30-21)17-4-3-5-19(25-17)26-20-12-15(22)6-9-23-20/h3-6,9,12-13,16H,7-8,10-11H2,1-2H3,(H,23,25,26). The van der Waals surface area contributed by atoms with E-state index in [1.807, 2.05) is 29.3 Å². The van der Waals surface area contributed by atoms with Crippen LogP contribution >= 0.6 is 22.9 Å². The van der Waals surface area contributed by atoms with Crippen molar-refractivity contribution >= 4 is 45.6 Å². The summed E-state index contributed by atoms with van der Waals surface area (Å²) in [6.45, 7) is 3.24. The Morgan fingerprint density at radius 1 is 1.23 bits per heavy atom. The van der Waals surface area contributed by atoms with Crippen LogP contribution in [0.2, 0.25) is 5.02 Å². The molecule has 0 radical (unpaired) electrons. The highest BCUT2D eigenvalue weighted by Gasteiger charge is 2.25. The number of anilines is 3. The Bertz CT molecular complexity index is 1030. The molecule has 4 heterocycles. The van der Waals surface area contributed by atoms with Crippen LogP contribution in [0.25, 0.3) is 10.6 Å². The molecular weight excluding hydrogens is 420 g/mol. The first kappa shape index (κ1) is 20.6. The maximum atomic E-state index is 11.5. The average Bonchev–Trinajstić information content (AvgIpc) is 3.24. The van der Waals surface area contributed by atoms with E-state index in [1.54, 1.807) is 36.6 Å². The van der Waals surface area contributed by atoms with Crippen molar-refractivity contribution in [3.05, 3.63) is 47.7 Å².